The van der Waals surface area contributed by atoms with Gasteiger partial charge in [-0.3, -0.25) is 4.79 Å². The van der Waals surface area contributed by atoms with Crippen LogP contribution in [0.25, 0.3) is 0 Å². The van der Waals surface area contributed by atoms with E-state index in [1.54, 1.807) is 0 Å². The molecule has 0 aliphatic heterocycles. The maximum Gasteiger partial charge on any atom is 0.236 e. The molecule has 0 saturated heterocycles. The molecule has 0 rings (SSSR count). The summed E-state index contributed by atoms with van der Waals surface area (Å²) in [5, 5.41) is 2.63. The minimum absolute atomic E-state index is 0.122. The number of terminal acetylenes is 1. The molecule has 0 aliphatic rings. The van der Waals surface area contributed by atoms with E-state index in [-0.39, 0.29) is 5.91 Å². The van der Waals surface area contributed by atoms with Crippen LogP contribution in [-0.4, -0.2) is 18.5 Å². The third-order valence-electron chi connectivity index (χ3n) is 1.35. The summed E-state index contributed by atoms with van der Waals surface area (Å²) in [7, 11) is 0. The second-order valence-corrected chi connectivity index (χ2v) is 2.26. The lowest BCUT2D eigenvalue weighted by atomic mass is 10.2. The molecule has 11 heavy (non-hydrogen) atoms. The lowest BCUT2D eigenvalue weighted by molar-refractivity contribution is -0.122. The predicted molar refractivity (Wildman–Crippen MR) is 44.7 cm³/mol. The van der Waals surface area contributed by atoms with Crippen molar-refractivity contribution < 1.29 is 4.79 Å². The van der Waals surface area contributed by atoms with E-state index in [9.17, 15) is 4.79 Å². The van der Waals surface area contributed by atoms with Crippen LogP contribution in [0.1, 0.15) is 19.8 Å². The highest BCUT2D eigenvalue weighted by molar-refractivity contribution is 5.81. The van der Waals surface area contributed by atoms with Gasteiger partial charge >= 0.3 is 0 Å². The van der Waals surface area contributed by atoms with Crippen LogP contribution in [0.5, 0.6) is 0 Å². The lowest BCUT2D eigenvalue weighted by Crippen LogP contribution is -2.40. The van der Waals surface area contributed by atoms with Crippen LogP contribution in [0.3, 0.4) is 0 Å². The molecule has 0 radical (unpaired) electrons. The first-order valence-electron chi connectivity index (χ1n) is 3.69. The molecule has 62 valence electrons. The average Bonchev–Trinajstić information content (AvgIpc) is 2.03. The maximum atomic E-state index is 10.9. The summed E-state index contributed by atoms with van der Waals surface area (Å²) in [6.07, 6.45) is 6.20. The van der Waals surface area contributed by atoms with Gasteiger partial charge in [-0.1, -0.05) is 6.92 Å². The van der Waals surface area contributed by atoms with Crippen LogP contribution >= 0.6 is 0 Å². The fourth-order valence-electron chi connectivity index (χ4n) is 0.574. The number of amides is 1. The number of hydrogen-bond donors (Lipinski definition) is 2. The van der Waals surface area contributed by atoms with Gasteiger partial charge in [0.25, 0.3) is 0 Å². The molecular formula is C8H14N2O. The Balaban J connectivity index is 3.46. The zero-order valence-electron chi connectivity index (χ0n) is 6.76. The number of nitrogens with one attached hydrogen (secondary N) is 1. The van der Waals surface area contributed by atoms with Gasteiger partial charge in [0.05, 0.1) is 6.04 Å². The van der Waals surface area contributed by atoms with E-state index in [1.807, 2.05) is 6.92 Å². The summed E-state index contributed by atoms with van der Waals surface area (Å²) in [5.74, 6) is 2.30. The Hall–Kier alpha value is -1.01. The number of rotatable bonds is 4. The van der Waals surface area contributed by atoms with Gasteiger partial charge in [-0.15, -0.1) is 12.3 Å². The van der Waals surface area contributed by atoms with Gasteiger partial charge in [0.15, 0.2) is 0 Å². The summed E-state index contributed by atoms with van der Waals surface area (Å²) in [6.45, 7) is 2.38. The van der Waals surface area contributed by atoms with Crippen molar-refractivity contribution in [3.05, 3.63) is 0 Å². The van der Waals surface area contributed by atoms with Gasteiger partial charge in [-0.2, -0.15) is 0 Å². The highest BCUT2D eigenvalue weighted by Gasteiger charge is 2.08. The van der Waals surface area contributed by atoms with E-state index in [2.05, 4.69) is 11.2 Å². The molecular weight excluding hydrogens is 140 g/mol. The molecule has 0 unspecified atom stereocenters. The normalized spacial score (nSPS) is 11.7. The summed E-state index contributed by atoms with van der Waals surface area (Å²) in [6, 6.07) is -0.396. The first kappa shape index (κ1) is 9.99. The molecule has 0 heterocycles. The Bertz CT molecular complexity index is 160. The highest BCUT2D eigenvalue weighted by Crippen LogP contribution is 1.84. The van der Waals surface area contributed by atoms with E-state index < -0.39 is 6.04 Å². The standard InChI is InChI=1S/C8H14N2O/c1-3-5-6-10-8(11)7(9)4-2/h1,7H,4-6,9H2,2H3,(H,10,11)/t7-/m1/s1. The quantitative estimate of drug-likeness (QED) is 0.437. The number of nitrogens with two attached hydrogens (primary N) is 1. The van der Waals surface area contributed by atoms with Gasteiger partial charge in [0.1, 0.15) is 0 Å². The van der Waals surface area contributed by atoms with Crippen LogP contribution in [0, 0.1) is 12.3 Å². The van der Waals surface area contributed by atoms with Crippen LogP contribution in [0.4, 0.5) is 0 Å². The molecule has 0 aromatic rings. The Morgan fingerprint density at radius 1 is 1.82 bits per heavy atom. The van der Waals surface area contributed by atoms with Crippen molar-refractivity contribution >= 4 is 5.91 Å². The highest BCUT2D eigenvalue weighted by atomic mass is 16.2. The summed E-state index contributed by atoms with van der Waals surface area (Å²) in [5.41, 5.74) is 5.44. The van der Waals surface area contributed by atoms with Crippen molar-refractivity contribution in [2.45, 2.75) is 25.8 Å². The summed E-state index contributed by atoms with van der Waals surface area (Å²) >= 11 is 0. The van der Waals surface area contributed by atoms with E-state index in [1.165, 1.54) is 0 Å². The fraction of sp³-hybridized carbons (Fsp3) is 0.625. The molecule has 0 fully saturated rings. The molecule has 3 heteroatoms. The van der Waals surface area contributed by atoms with Gasteiger partial charge in [0.2, 0.25) is 5.91 Å². The number of hydrogen-bond acceptors (Lipinski definition) is 2. The Morgan fingerprint density at radius 3 is 2.91 bits per heavy atom. The Kier molecular flexibility index (Phi) is 5.22. The van der Waals surface area contributed by atoms with E-state index >= 15 is 0 Å². The average molecular weight is 154 g/mol. The molecule has 0 spiro atoms. The molecule has 3 N–H and O–H groups in total. The van der Waals surface area contributed by atoms with Crippen molar-refractivity contribution in [1.82, 2.24) is 5.32 Å². The van der Waals surface area contributed by atoms with Crippen molar-refractivity contribution in [2.75, 3.05) is 6.54 Å². The van der Waals surface area contributed by atoms with Crippen molar-refractivity contribution in [3.63, 3.8) is 0 Å². The Morgan fingerprint density at radius 2 is 2.45 bits per heavy atom. The van der Waals surface area contributed by atoms with Gasteiger partial charge < -0.3 is 11.1 Å². The molecule has 0 bridgehead atoms. The molecule has 1 amide bonds. The number of carbonyl (C=O) groups is 1. The molecule has 0 aliphatic carbocycles. The number of carbonyl (C=O) groups excluding carboxylic acids is 1. The molecule has 3 nitrogen and oxygen atoms in total. The molecule has 0 saturated carbocycles. The smallest absolute Gasteiger partial charge is 0.236 e. The maximum absolute atomic E-state index is 10.9. The first-order chi connectivity index (χ1) is 5.22. The SMILES string of the molecule is C#CCCNC(=O)[C@H](N)CC. The van der Waals surface area contributed by atoms with Crippen molar-refractivity contribution in [1.29, 1.82) is 0 Å². The zero-order chi connectivity index (χ0) is 8.69. The summed E-state index contributed by atoms with van der Waals surface area (Å²) < 4.78 is 0. The molecule has 0 aromatic heterocycles. The van der Waals surface area contributed by atoms with Crippen molar-refractivity contribution in [3.8, 4) is 12.3 Å². The molecule has 1 atom stereocenters. The monoisotopic (exact) mass is 154 g/mol. The van der Waals surface area contributed by atoms with Crippen molar-refractivity contribution in [2.24, 2.45) is 5.73 Å². The second-order valence-electron chi connectivity index (χ2n) is 2.26. The Labute approximate surface area is 67.3 Å². The minimum atomic E-state index is -0.396. The second kappa shape index (κ2) is 5.75. The van der Waals surface area contributed by atoms with Crippen LogP contribution < -0.4 is 11.1 Å². The van der Waals surface area contributed by atoms with Crippen LogP contribution in [-0.2, 0) is 4.79 Å². The lowest BCUT2D eigenvalue weighted by Gasteiger charge is -2.07. The zero-order valence-corrected chi connectivity index (χ0v) is 6.76. The third kappa shape index (κ3) is 4.40. The molecule has 0 aromatic carbocycles. The van der Waals surface area contributed by atoms with E-state index in [0.717, 1.165) is 0 Å². The minimum Gasteiger partial charge on any atom is -0.354 e. The van der Waals surface area contributed by atoms with Crippen LogP contribution in [0.15, 0.2) is 0 Å². The van der Waals surface area contributed by atoms with Gasteiger partial charge in [0, 0.05) is 13.0 Å². The topological polar surface area (TPSA) is 55.1 Å². The largest absolute Gasteiger partial charge is 0.354 e. The van der Waals surface area contributed by atoms with Gasteiger partial charge in [-0.05, 0) is 6.42 Å². The first-order valence-corrected chi connectivity index (χ1v) is 3.69. The van der Waals surface area contributed by atoms with Gasteiger partial charge in [-0.25, -0.2) is 0 Å². The summed E-state index contributed by atoms with van der Waals surface area (Å²) in [4.78, 5) is 10.9. The fourth-order valence-corrected chi connectivity index (χ4v) is 0.574. The predicted octanol–water partition coefficient (Wildman–Crippen LogP) is -0.137. The van der Waals surface area contributed by atoms with E-state index in [0.29, 0.717) is 19.4 Å². The third-order valence-corrected chi connectivity index (χ3v) is 1.35. The van der Waals surface area contributed by atoms with E-state index in [4.69, 9.17) is 12.2 Å². The van der Waals surface area contributed by atoms with Crippen LogP contribution in [0.2, 0.25) is 0 Å².